The molecule has 0 saturated carbocycles. The van der Waals surface area contributed by atoms with E-state index in [2.05, 4.69) is 6.92 Å². The first-order chi connectivity index (χ1) is 8.06. The predicted molar refractivity (Wildman–Crippen MR) is 68.3 cm³/mol. The van der Waals surface area contributed by atoms with Gasteiger partial charge in [-0.2, -0.15) is 0 Å². The number of carbonyl (C=O) groups excluding carboxylic acids is 1. The summed E-state index contributed by atoms with van der Waals surface area (Å²) in [6, 6.07) is 0. The third-order valence-electron chi connectivity index (χ3n) is 2.79. The van der Waals surface area contributed by atoms with Crippen molar-refractivity contribution in [2.45, 2.75) is 52.1 Å². The van der Waals surface area contributed by atoms with Crippen LogP contribution in [-0.4, -0.2) is 36.3 Å². The Balaban J connectivity index is 4.29. The molecule has 1 amide bonds. The fourth-order valence-electron chi connectivity index (χ4n) is 1.53. The second-order valence-corrected chi connectivity index (χ2v) is 4.07. The van der Waals surface area contributed by atoms with E-state index in [1.54, 1.807) is 7.05 Å². The third kappa shape index (κ3) is 6.44. The summed E-state index contributed by atoms with van der Waals surface area (Å²) in [6.07, 6.45) is 5.42. The van der Waals surface area contributed by atoms with E-state index in [0.717, 1.165) is 36.3 Å². The number of amides is 1. The van der Waals surface area contributed by atoms with Gasteiger partial charge in [0.25, 0.3) is 0 Å². The Labute approximate surface area is 104 Å². The van der Waals surface area contributed by atoms with Crippen molar-refractivity contribution in [1.29, 1.82) is 0 Å². The molecule has 0 aromatic heterocycles. The van der Waals surface area contributed by atoms with Gasteiger partial charge in [-0.25, -0.2) is 5.06 Å². The fourth-order valence-corrected chi connectivity index (χ4v) is 1.53. The first-order valence-corrected chi connectivity index (χ1v) is 6.24. The highest BCUT2D eigenvalue weighted by Crippen LogP contribution is 2.14. The van der Waals surface area contributed by atoms with Gasteiger partial charge in [0, 0.05) is 7.05 Å². The van der Waals surface area contributed by atoms with E-state index in [-0.39, 0.29) is 12.3 Å². The molecule has 0 radical (unpaired) electrons. The summed E-state index contributed by atoms with van der Waals surface area (Å²) < 4.78 is 0. The summed E-state index contributed by atoms with van der Waals surface area (Å²) in [4.78, 5) is 16.3. The van der Waals surface area contributed by atoms with Crippen LogP contribution in [0.1, 0.15) is 46.0 Å². The predicted octanol–water partition coefficient (Wildman–Crippen LogP) is 2.28. The molecule has 0 rings (SSSR count). The molecule has 0 unspecified atom stereocenters. The van der Waals surface area contributed by atoms with E-state index in [1.165, 1.54) is 7.11 Å². The zero-order valence-corrected chi connectivity index (χ0v) is 11.4. The molecule has 0 aliphatic rings. The molecule has 0 heterocycles. The van der Waals surface area contributed by atoms with E-state index in [1.807, 2.05) is 13.0 Å². The first-order valence-electron chi connectivity index (χ1n) is 6.24. The second kappa shape index (κ2) is 9.19. The van der Waals surface area contributed by atoms with Crippen LogP contribution < -0.4 is 0 Å². The summed E-state index contributed by atoms with van der Waals surface area (Å²) in [6.45, 7) is 4.12. The van der Waals surface area contributed by atoms with Crippen molar-refractivity contribution >= 4 is 5.91 Å². The van der Waals surface area contributed by atoms with Gasteiger partial charge < -0.3 is 5.11 Å². The van der Waals surface area contributed by atoms with Crippen LogP contribution in [0.4, 0.5) is 0 Å². The summed E-state index contributed by atoms with van der Waals surface area (Å²) >= 11 is 0. The maximum Gasteiger partial charge on any atom is 0.248 e. The van der Waals surface area contributed by atoms with E-state index in [9.17, 15) is 9.90 Å². The van der Waals surface area contributed by atoms with Gasteiger partial charge in [-0.15, -0.1) is 0 Å². The van der Waals surface area contributed by atoms with Crippen molar-refractivity contribution in [2.24, 2.45) is 0 Å². The van der Waals surface area contributed by atoms with Gasteiger partial charge in [0.2, 0.25) is 5.91 Å². The first kappa shape index (κ1) is 16.1. The number of nitrogens with zero attached hydrogens (tertiary/aromatic N) is 1. The van der Waals surface area contributed by atoms with Gasteiger partial charge in [-0.05, 0) is 18.4 Å². The Morgan fingerprint density at radius 1 is 1.47 bits per heavy atom. The SMILES string of the molecule is CCCC/C=C(\CC)[C@@H](O)CC(=O)N(C)OC. The minimum Gasteiger partial charge on any atom is -0.388 e. The Kier molecular flexibility index (Phi) is 8.72. The topological polar surface area (TPSA) is 49.8 Å². The van der Waals surface area contributed by atoms with Crippen LogP contribution in [0.2, 0.25) is 0 Å². The normalized spacial score (nSPS) is 13.6. The summed E-state index contributed by atoms with van der Waals surface area (Å²) in [5.74, 6) is -0.213. The lowest BCUT2D eigenvalue weighted by atomic mass is 10.0. The Bertz CT molecular complexity index is 251. The zero-order valence-electron chi connectivity index (χ0n) is 11.4. The summed E-state index contributed by atoms with van der Waals surface area (Å²) in [7, 11) is 2.98. The molecule has 100 valence electrons. The van der Waals surface area contributed by atoms with Crippen molar-refractivity contribution in [3.05, 3.63) is 11.6 Å². The van der Waals surface area contributed by atoms with E-state index in [0.29, 0.717) is 0 Å². The maximum atomic E-state index is 11.5. The highest BCUT2D eigenvalue weighted by Gasteiger charge is 2.17. The van der Waals surface area contributed by atoms with Crippen LogP contribution in [-0.2, 0) is 9.63 Å². The van der Waals surface area contributed by atoms with E-state index >= 15 is 0 Å². The molecule has 0 aliphatic heterocycles. The van der Waals surface area contributed by atoms with Crippen LogP contribution in [0.3, 0.4) is 0 Å². The molecule has 17 heavy (non-hydrogen) atoms. The quantitative estimate of drug-likeness (QED) is 0.404. The average Bonchev–Trinajstić information content (AvgIpc) is 2.33. The molecular weight excluding hydrogens is 218 g/mol. The van der Waals surface area contributed by atoms with Gasteiger partial charge in [0.1, 0.15) is 0 Å². The smallest absolute Gasteiger partial charge is 0.248 e. The fraction of sp³-hybridized carbons (Fsp3) is 0.769. The van der Waals surface area contributed by atoms with E-state index < -0.39 is 6.10 Å². The van der Waals surface area contributed by atoms with Crippen LogP contribution in [0.15, 0.2) is 11.6 Å². The number of unbranched alkanes of at least 4 members (excludes halogenated alkanes) is 2. The summed E-state index contributed by atoms with van der Waals surface area (Å²) in [5, 5.41) is 11.1. The number of hydrogen-bond acceptors (Lipinski definition) is 3. The average molecular weight is 243 g/mol. The highest BCUT2D eigenvalue weighted by atomic mass is 16.7. The third-order valence-corrected chi connectivity index (χ3v) is 2.79. The molecule has 0 aromatic carbocycles. The molecule has 0 fully saturated rings. The largest absolute Gasteiger partial charge is 0.388 e. The number of hydroxylamine groups is 2. The Morgan fingerprint density at radius 2 is 2.12 bits per heavy atom. The molecule has 0 aliphatic carbocycles. The minimum atomic E-state index is -0.693. The lowest BCUT2D eigenvalue weighted by molar-refractivity contribution is -0.170. The van der Waals surface area contributed by atoms with Crippen LogP contribution in [0.5, 0.6) is 0 Å². The number of aliphatic hydroxyl groups is 1. The van der Waals surface area contributed by atoms with Crippen LogP contribution >= 0.6 is 0 Å². The Hall–Kier alpha value is -0.870. The number of hydrogen-bond donors (Lipinski definition) is 1. The van der Waals surface area contributed by atoms with Gasteiger partial charge in [-0.3, -0.25) is 9.63 Å². The van der Waals surface area contributed by atoms with Gasteiger partial charge >= 0.3 is 0 Å². The molecule has 4 heteroatoms. The molecule has 0 spiro atoms. The lowest BCUT2D eigenvalue weighted by Gasteiger charge is -2.18. The number of aliphatic hydroxyl groups excluding tert-OH is 1. The summed E-state index contributed by atoms with van der Waals surface area (Å²) in [5.41, 5.74) is 0.941. The van der Waals surface area contributed by atoms with Crippen molar-refractivity contribution in [3.8, 4) is 0 Å². The van der Waals surface area contributed by atoms with Gasteiger partial charge in [-0.1, -0.05) is 32.8 Å². The van der Waals surface area contributed by atoms with Gasteiger partial charge in [0.05, 0.1) is 19.6 Å². The monoisotopic (exact) mass is 243 g/mol. The molecule has 1 atom stereocenters. The van der Waals surface area contributed by atoms with E-state index in [4.69, 9.17) is 4.84 Å². The Morgan fingerprint density at radius 3 is 2.59 bits per heavy atom. The molecule has 0 saturated heterocycles. The minimum absolute atomic E-state index is 0.0795. The van der Waals surface area contributed by atoms with Crippen LogP contribution in [0.25, 0.3) is 0 Å². The van der Waals surface area contributed by atoms with Crippen molar-refractivity contribution in [2.75, 3.05) is 14.2 Å². The lowest BCUT2D eigenvalue weighted by Crippen LogP contribution is -2.29. The molecule has 0 bridgehead atoms. The van der Waals surface area contributed by atoms with Crippen molar-refractivity contribution in [3.63, 3.8) is 0 Å². The molecule has 4 nitrogen and oxygen atoms in total. The van der Waals surface area contributed by atoms with Gasteiger partial charge in [0.15, 0.2) is 0 Å². The van der Waals surface area contributed by atoms with Crippen molar-refractivity contribution < 1.29 is 14.7 Å². The number of carbonyl (C=O) groups is 1. The second-order valence-electron chi connectivity index (χ2n) is 4.07. The maximum absolute atomic E-state index is 11.5. The standard InChI is InChI=1S/C13H25NO3/c1-5-7-8-9-11(6-2)12(15)10-13(16)14(3)17-4/h9,12,15H,5-8,10H2,1-4H3/b11-9+/t12-/m0/s1. The number of allylic oxidation sites excluding steroid dienone is 1. The zero-order chi connectivity index (χ0) is 13.3. The van der Waals surface area contributed by atoms with Crippen LogP contribution in [0, 0.1) is 0 Å². The number of rotatable bonds is 8. The molecular formula is C13H25NO3. The van der Waals surface area contributed by atoms with Crippen molar-refractivity contribution in [1.82, 2.24) is 5.06 Å². The molecule has 0 aromatic rings. The highest BCUT2D eigenvalue weighted by molar-refractivity contribution is 5.75. The molecule has 1 N–H and O–H groups in total.